The number of hydrogen-bond donors (Lipinski definition) is 1. The van der Waals surface area contributed by atoms with E-state index in [0.29, 0.717) is 6.04 Å². The predicted molar refractivity (Wildman–Crippen MR) is 68.6 cm³/mol. The van der Waals surface area contributed by atoms with Gasteiger partial charge in [-0.2, -0.15) is 0 Å². The fraction of sp³-hybridized carbons (Fsp3) is 0.455. The van der Waals surface area contributed by atoms with Gasteiger partial charge in [-0.1, -0.05) is 40.2 Å². The highest BCUT2D eigenvalue weighted by Crippen LogP contribution is 2.16. The van der Waals surface area contributed by atoms with E-state index >= 15 is 0 Å². The van der Waals surface area contributed by atoms with Crippen LogP contribution < -0.4 is 5.32 Å². The molecule has 1 aromatic rings. The third-order valence-corrected chi connectivity index (χ3v) is 2.60. The summed E-state index contributed by atoms with van der Waals surface area (Å²) in [6, 6.07) is 8.95. The molecule has 1 nitrogen and oxygen atoms in total. The van der Waals surface area contributed by atoms with Crippen molar-refractivity contribution in [2.45, 2.75) is 19.9 Å². The molecule has 0 fully saturated rings. The Morgan fingerprint density at radius 1 is 1.36 bits per heavy atom. The number of halogens is 2. The molecule has 0 saturated carbocycles. The first kappa shape index (κ1) is 13.9. The van der Waals surface area contributed by atoms with Crippen LogP contribution in [0.25, 0.3) is 0 Å². The molecule has 0 aliphatic rings. The summed E-state index contributed by atoms with van der Waals surface area (Å²) in [5.74, 6) is 0. The molecule has 1 rings (SSSR count). The second-order valence-corrected chi connectivity index (χ2v) is 4.01. The van der Waals surface area contributed by atoms with Gasteiger partial charge < -0.3 is 5.32 Å². The van der Waals surface area contributed by atoms with E-state index in [1.165, 1.54) is 11.1 Å². The Kier molecular flexibility index (Phi) is 7.24. The number of rotatable bonds is 4. The Morgan fingerprint density at radius 3 is 2.57 bits per heavy atom. The van der Waals surface area contributed by atoms with Crippen molar-refractivity contribution < 1.29 is 0 Å². The summed E-state index contributed by atoms with van der Waals surface area (Å²) in [4.78, 5) is 0. The molecule has 1 N–H and O–H groups in total. The molecule has 1 atom stereocenters. The van der Waals surface area contributed by atoms with Gasteiger partial charge in [0.1, 0.15) is 0 Å². The van der Waals surface area contributed by atoms with Crippen LogP contribution in [0.2, 0.25) is 0 Å². The van der Waals surface area contributed by atoms with Gasteiger partial charge in [0.15, 0.2) is 0 Å². The smallest absolute Gasteiger partial charge is 0.0294 e. The number of alkyl halides is 1. The van der Waals surface area contributed by atoms with Gasteiger partial charge in [0.05, 0.1) is 0 Å². The second-order valence-electron chi connectivity index (χ2n) is 3.22. The average Bonchev–Trinajstić information content (AvgIpc) is 2.15. The number of aryl methyl sites for hydroxylation is 1. The van der Waals surface area contributed by atoms with E-state index in [1.807, 2.05) is 0 Å². The number of nitrogens with one attached hydrogen (secondary N) is 1. The molecule has 80 valence electrons. The Hall–Kier alpha value is -0.0500. The highest BCUT2D eigenvalue weighted by Gasteiger charge is 2.05. The quantitative estimate of drug-likeness (QED) is 0.832. The van der Waals surface area contributed by atoms with Crippen LogP contribution in [-0.4, -0.2) is 11.9 Å². The van der Waals surface area contributed by atoms with Crippen LogP contribution in [0.3, 0.4) is 0 Å². The molecule has 0 spiro atoms. The zero-order valence-corrected chi connectivity index (χ0v) is 11.0. The second kappa shape index (κ2) is 7.27. The summed E-state index contributed by atoms with van der Waals surface area (Å²) in [5, 5.41) is 4.45. The maximum absolute atomic E-state index is 3.44. The fourth-order valence-electron chi connectivity index (χ4n) is 1.45. The SMILES string of the molecule is Cc1ccccc1C(C)NCCBr.Cl. The standard InChI is InChI=1S/C11H16BrN.ClH/c1-9-5-3-4-6-11(9)10(2)13-8-7-12;/h3-6,10,13H,7-8H2,1-2H3;1H. The summed E-state index contributed by atoms with van der Waals surface area (Å²) in [6.07, 6.45) is 0. The molecule has 1 aromatic carbocycles. The Morgan fingerprint density at radius 2 is 2.00 bits per heavy atom. The van der Waals surface area contributed by atoms with Crippen LogP contribution in [0, 0.1) is 6.92 Å². The molecule has 14 heavy (non-hydrogen) atoms. The molecule has 0 radical (unpaired) electrons. The van der Waals surface area contributed by atoms with Crippen LogP contribution in [0.4, 0.5) is 0 Å². The van der Waals surface area contributed by atoms with Gasteiger partial charge in [-0.05, 0) is 25.0 Å². The van der Waals surface area contributed by atoms with Crippen LogP contribution in [-0.2, 0) is 0 Å². The summed E-state index contributed by atoms with van der Waals surface area (Å²) in [7, 11) is 0. The van der Waals surface area contributed by atoms with Crippen molar-refractivity contribution in [3.8, 4) is 0 Å². The molecule has 0 bridgehead atoms. The molecule has 1 unspecified atom stereocenters. The summed E-state index contributed by atoms with van der Waals surface area (Å²) >= 11 is 3.41. The monoisotopic (exact) mass is 277 g/mol. The first-order valence-electron chi connectivity index (χ1n) is 4.60. The van der Waals surface area contributed by atoms with Crippen molar-refractivity contribution in [1.82, 2.24) is 5.32 Å². The van der Waals surface area contributed by atoms with E-state index in [1.54, 1.807) is 0 Å². The average molecular weight is 279 g/mol. The van der Waals surface area contributed by atoms with Crippen LogP contribution >= 0.6 is 28.3 Å². The first-order valence-corrected chi connectivity index (χ1v) is 5.72. The van der Waals surface area contributed by atoms with E-state index in [9.17, 15) is 0 Å². The van der Waals surface area contributed by atoms with Crippen molar-refractivity contribution >= 4 is 28.3 Å². The molecular weight excluding hydrogens is 261 g/mol. The fourth-order valence-corrected chi connectivity index (χ4v) is 1.68. The number of benzene rings is 1. The summed E-state index contributed by atoms with van der Waals surface area (Å²) in [6.45, 7) is 5.36. The zero-order valence-electron chi connectivity index (χ0n) is 8.59. The molecular formula is C11H17BrClN. The van der Waals surface area contributed by atoms with E-state index in [2.05, 4.69) is 59.4 Å². The summed E-state index contributed by atoms with van der Waals surface area (Å²) in [5.41, 5.74) is 2.75. The lowest BCUT2D eigenvalue weighted by atomic mass is 10.0. The molecule has 0 amide bonds. The predicted octanol–water partition coefficient (Wildman–Crippen LogP) is 3.46. The Bertz CT molecular complexity index is 265. The van der Waals surface area contributed by atoms with Crippen LogP contribution in [0.15, 0.2) is 24.3 Å². The number of hydrogen-bond acceptors (Lipinski definition) is 1. The van der Waals surface area contributed by atoms with E-state index in [-0.39, 0.29) is 12.4 Å². The highest BCUT2D eigenvalue weighted by atomic mass is 79.9. The van der Waals surface area contributed by atoms with Gasteiger partial charge >= 0.3 is 0 Å². The molecule has 0 aromatic heterocycles. The topological polar surface area (TPSA) is 12.0 Å². The molecule has 0 aliphatic heterocycles. The van der Waals surface area contributed by atoms with E-state index in [0.717, 1.165) is 11.9 Å². The van der Waals surface area contributed by atoms with Gasteiger partial charge in [0.25, 0.3) is 0 Å². The lowest BCUT2D eigenvalue weighted by Gasteiger charge is -2.15. The van der Waals surface area contributed by atoms with Gasteiger partial charge in [-0.25, -0.2) is 0 Å². The lowest BCUT2D eigenvalue weighted by Crippen LogP contribution is -2.21. The Labute approximate surface area is 101 Å². The normalized spacial score (nSPS) is 11.9. The lowest BCUT2D eigenvalue weighted by molar-refractivity contribution is 0.599. The van der Waals surface area contributed by atoms with Crippen molar-refractivity contribution in [3.63, 3.8) is 0 Å². The minimum absolute atomic E-state index is 0. The first-order chi connectivity index (χ1) is 6.25. The molecule has 0 aliphatic carbocycles. The Balaban J connectivity index is 0.00000169. The van der Waals surface area contributed by atoms with Crippen molar-refractivity contribution in [2.24, 2.45) is 0 Å². The minimum atomic E-state index is 0. The van der Waals surface area contributed by atoms with Crippen molar-refractivity contribution in [1.29, 1.82) is 0 Å². The van der Waals surface area contributed by atoms with Crippen LogP contribution in [0.5, 0.6) is 0 Å². The third-order valence-electron chi connectivity index (χ3n) is 2.20. The molecule has 3 heteroatoms. The van der Waals surface area contributed by atoms with Gasteiger partial charge in [-0.3, -0.25) is 0 Å². The van der Waals surface area contributed by atoms with Crippen LogP contribution in [0.1, 0.15) is 24.1 Å². The summed E-state index contributed by atoms with van der Waals surface area (Å²) < 4.78 is 0. The van der Waals surface area contributed by atoms with Crippen molar-refractivity contribution in [2.75, 3.05) is 11.9 Å². The van der Waals surface area contributed by atoms with Gasteiger partial charge in [-0.15, -0.1) is 12.4 Å². The minimum Gasteiger partial charge on any atom is -0.309 e. The zero-order chi connectivity index (χ0) is 9.68. The van der Waals surface area contributed by atoms with Gasteiger partial charge in [0, 0.05) is 17.9 Å². The molecule has 0 saturated heterocycles. The highest BCUT2D eigenvalue weighted by molar-refractivity contribution is 9.09. The third kappa shape index (κ3) is 3.99. The largest absolute Gasteiger partial charge is 0.309 e. The maximum atomic E-state index is 3.44. The van der Waals surface area contributed by atoms with Crippen molar-refractivity contribution in [3.05, 3.63) is 35.4 Å². The maximum Gasteiger partial charge on any atom is 0.0294 e. The van der Waals surface area contributed by atoms with Gasteiger partial charge in [0.2, 0.25) is 0 Å². The molecule has 0 heterocycles. The van der Waals surface area contributed by atoms with E-state index < -0.39 is 0 Å². The van der Waals surface area contributed by atoms with E-state index in [4.69, 9.17) is 0 Å².